The molecule has 1 aromatic rings. The molecule has 1 fully saturated rings. The molecule has 1 aliphatic rings. The van der Waals surface area contributed by atoms with Crippen molar-refractivity contribution in [2.24, 2.45) is 5.92 Å². The second-order valence-corrected chi connectivity index (χ2v) is 3.80. The molecule has 1 amide bonds. The summed E-state index contributed by atoms with van der Waals surface area (Å²) >= 11 is 0. The summed E-state index contributed by atoms with van der Waals surface area (Å²) in [5.41, 5.74) is 0.482. The molecule has 4 nitrogen and oxygen atoms in total. The van der Waals surface area contributed by atoms with Gasteiger partial charge in [-0.2, -0.15) is 0 Å². The van der Waals surface area contributed by atoms with Gasteiger partial charge in [0, 0.05) is 31.8 Å². The third-order valence-electron chi connectivity index (χ3n) is 2.72. The predicted molar refractivity (Wildman–Crippen MR) is 55.3 cm³/mol. The molecule has 1 N–H and O–H groups in total. The lowest BCUT2D eigenvalue weighted by atomic mass is 10.1. The number of aliphatic hydroxyl groups is 1. The molecule has 15 heavy (non-hydrogen) atoms. The van der Waals surface area contributed by atoms with Gasteiger partial charge in [-0.1, -0.05) is 6.07 Å². The third kappa shape index (κ3) is 2.15. The number of carbonyl (C=O) groups excluding carboxylic acids is 1. The van der Waals surface area contributed by atoms with E-state index >= 15 is 0 Å². The lowest BCUT2D eigenvalue weighted by Gasteiger charge is -2.15. The van der Waals surface area contributed by atoms with Crippen molar-refractivity contribution in [2.45, 2.75) is 6.42 Å². The van der Waals surface area contributed by atoms with Crippen LogP contribution in [0.5, 0.6) is 0 Å². The standard InChI is InChI=1S/C11H14N2O2/c14-8-9-4-6-13(7-9)11(15)10-3-1-2-5-12-10/h1-3,5,9,14H,4,6-8H2/t9-/m1/s1. The molecular weight excluding hydrogens is 192 g/mol. The van der Waals surface area contributed by atoms with Crippen LogP contribution >= 0.6 is 0 Å². The van der Waals surface area contributed by atoms with Gasteiger partial charge in [0.05, 0.1) is 0 Å². The Kier molecular flexibility index (Phi) is 2.97. The van der Waals surface area contributed by atoms with Crippen LogP contribution < -0.4 is 0 Å². The summed E-state index contributed by atoms with van der Waals surface area (Å²) in [4.78, 5) is 17.7. The van der Waals surface area contributed by atoms with E-state index in [-0.39, 0.29) is 18.4 Å². The van der Waals surface area contributed by atoms with Gasteiger partial charge in [0.2, 0.25) is 0 Å². The average molecular weight is 206 g/mol. The largest absolute Gasteiger partial charge is 0.396 e. The van der Waals surface area contributed by atoms with E-state index in [2.05, 4.69) is 4.98 Å². The monoisotopic (exact) mass is 206 g/mol. The lowest BCUT2D eigenvalue weighted by Crippen LogP contribution is -2.29. The Morgan fingerprint density at radius 1 is 1.60 bits per heavy atom. The first-order valence-electron chi connectivity index (χ1n) is 5.12. The molecule has 1 aromatic heterocycles. The Hall–Kier alpha value is -1.42. The highest BCUT2D eigenvalue weighted by Gasteiger charge is 2.26. The van der Waals surface area contributed by atoms with E-state index in [1.165, 1.54) is 0 Å². The Bertz CT molecular complexity index is 340. The maximum atomic E-state index is 11.9. The van der Waals surface area contributed by atoms with Gasteiger partial charge >= 0.3 is 0 Å². The summed E-state index contributed by atoms with van der Waals surface area (Å²) in [6.45, 7) is 1.53. The van der Waals surface area contributed by atoms with E-state index in [1.54, 1.807) is 29.3 Å². The van der Waals surface area contributed by atoms with Crippen molar-refractivity contribution >= 4 is 5.91 Å². The van der Waals surface area contributed by atoms with Crippen LogP contribution in [0.25, 0.3) is 0 Å². The molecule has 2 heterocycles. The fourth-order valence-electron chi connectivity index (χ4n) is 1.82. The van der Waals surface area contributed by atoms with Gasteiger partial charge in [0.1, 0.15) is 5.69 Å². The first-order chi connectivity index (χ1) is 7.31. The maximum absolute atomic E-state index is 11.9. The molecule has 0 spiro atoms. The van der Waals surface area contributed by atoms with E-state index in [0.29, 0.717) is 12.2 Å². The van der Waals surface area contributed by atoms with E-state index in [9.17, 15) is 4.79 Å². The number of hydrogen-bond acceptors (Lipinski definition) is 3. The van der Waals surface area contributed by atoms with Gasteiger partial charge in [-0.05, 0) is 18.6 Å². The van der Waals surface area contributed by atoms with Gasteiger partial charge < -0.3 is 10.0 Å². The Balaban J connectivity index is 2.04. The molecule has 0 aliphatic carbocycles. The van der Waals surface area contributed by atoms with Gasteiger partial charge in [0.15, 0.2) is 0 Å². The molecule has 0 unspecified atom stereocenters. The van der Waals surface area contributed by atoms with Crippen molar-refractivity contribution in [1.82, 2.24) is 9.88 Å². The van der Waals surface area contributed by atoms with Crippen molar-refractivity contribution < 1.29 is 9.90 Å². The second-order valence-electron chi connectivity index (χ2n) is 3.80. The average Bonchev–Trinajstić information content (AvgIpc) is 2.78. The molecule has 1 aliphatic heterocycles. The normalized spacial score (nSPS) is 20.6. The number of amides is 1. The number of pyridine rings is 1. The van der Waals surface area contributed by atoms with E-state index in [1.807, 2.05) is 0 Å². The number of aromatic nitrogens is 1. The maximum Gasteiger partial charge on any atom is 0.272 e. The summed E-state index contributed by atoms with van der Waals surface area (Å²) in [5.74, 6) is 0.198. The van der Waals surface area contributed by atoms with Crippen molar-refractivity contribution in [3.63, 3.8) is 0 Å². The van der Waals surface area contributed by atoms with E-state index in [0.717, 1.165) is 13.0 Å². The fraction of sp³-hybridized carbons (Fsp3) is 0.455. The summed E-state index contributed by atoms with van der Waals surface area (Å²) in [7, 11) is 0. The molecule has 0 aromatic carbocycles. The van der Waals surface area contributed by atoms with Crippen LogP contribution in [0.3, 0.4) is 0 Å². The van der Waals surface area contributed by atoms with Gasteiger partial charge in [-0.15, -0.1) is 0 Å². The molecule has 2 rings (SSSR count). The summed E-state index contributed by atoms with van der Waals surface area (Å²) < 4.78 is 0. The number of carbonyl (C=O) groups is 1. The number of likely N-dealkylation sites (tertiary alicyclic amines) is 1. The minimum Gasteiger partial charge on any atom is -0.396 e. The Labute approximate surface area is 88.6 Å². The van der Waals surface area contributed by atoms with Crippen molar-refractivity contribution in [3.8, 4) is 0 Å². The van der Waals surface area contributed by atoms with Crippen molar-refractivity contribution in [3.05, 3.63) is 30.1 Å². The molecule has 0 bridgehead atoms. The second kappa shape index (κ2) is 4.40. The molecule has 0 radical (unpaired) electrons. The van der Waals surface area contributed by atoms with Crippen LogP contribution in [0.15, 0.2) is 24.4 Å². The highest BCUT2D eigenvalue weighted by Crippen LogP contribution is 2.17. The van der Waals surface area contributed by atoms with Crippen LogP contribution in [-0.4, -0.2) is 40.6 Å². The lowest BCUT2D eigenvalue weighted by molar-refractivity contribution is 0.0776. The molecule has 1 atom stereocenters. The SMILES string of the molecule is O=C(c1ccccn1)N1CC[C@@H](CO)C1. The zero-order valence-electron chi connectivity index (χ0n) is 8.47. The highest BCUT2D eigenvalue weighted by atomic mass is 16.3. The molecule has 0 saturated carbocycles. The topological polar surface area (TPSA) is 53.4 Å². The zero-order chi connectivity index (χ0) is 10.7. The molecule has 1 saturated heterocycles. The number of hydrogen-bond donors (Lipinski definition) is 1. The highest BCUT2D eigenvalue weighted by molar-refractivity contribution is 5.92. The summed E-state index contributed by atoms with van der Waals surface area (Å²) in [6, 6.07) is 5.31. The number of rotatable bonds is 2. The molecule has 4 heteroatoms. The van der Waals surface area contributed by atoms with Crippen LogP contribution in [0, 0.1) is 5.92 Å². The quantitative estimate of drug-likeness (QED) is 0.768. The summed E-state index contributed by atoms with van der Waals surface area (Å²) in [6.07, 6.45) is 2.50. The van der Waals surface area contributed by atoms with E-state index in [4.69, 9.17) is 5.11 Å². The predicted octanol–water partition coefficient (Wildman–Crippen LogP) is 0.536. The van der Waals surface area contributed by atoms with E-state index < -0.39 is 0 Å². The minimum absolute atomic E-state index is 0.0356. The first kappa shape index (κ1) is 10.1. The van der Waals surface area contributed by atoms with Crippen molar-refractivity contribution in [1.29, 1.82) is 0 Å². The summed E-state index contributed by atoms with van der Waals surface area (Å²) in [5, 5.41) is 8.98. The molecule has 80 valence electrons. The van der Waals surface area contributed by atoms with Gasteiger partial charge in [-0.25, -0.2) is 0 Å². The smallest absolute Gasteiger partial charge is 0.272 e. The van der Waals surface area contributed by atoms with Crippen LogP contribution in [0.2, 0.25) is 0 Å². The number of aliphatic hydroxyl groups excluding tert-OH is 1. The Morgan fingerprint density at radius 3 is 3.07 bits per heavy atom. The number of nitrogens with zero attached hydrogens (tertiary/aromatic N) is 2. The van der Waals surface area contributed by atoms with Crippen LogP contribution in [-0.2, 0) is 0 Å². The first-order valence-corrected chi connectivity index (χ1v) is 5.12. The van der Waals surface area contributed by atoms with Crippen LogP contribution in [0.4, 0.5) is 0 Å². The van der Waals surface area contributed by atoms with Crippen molar-refractivity contribution in [2.75, 3.05) is 19.7 Å². The fourth-order valence-corrected chi connectivity index (χ4v) is 1.82. The van der Waals surface area contributed by atoms with Gasteiger partial charge in [-0.3, -0.25) is 9.78 Å². The third-order valence-corrected chi connectivity index (χ3v) is 2.72. The Morgan fingerprint density at radius 2 is 2.47 bits per heavy atom. The zero-order valence-corrected chi connectivity index (χ0v) is 8.47. The minimum atomic E-state index is -0.0356. The van der Waals surface area contributed by atoms with Crippen LogP contribution in [0.1, 0.15) is 16.9 Å². The van der Waals surface area contributed by atoms with Gasteiger partial charge in [0.25, 0.3) is 5.91 Å². The molecular formula is C11H14N2O2.